The normalized spacial score (nSPS) is 65.3. The molecule has 3 aliphatic carbocycles. The number of allylic oxidation sites excluding steroid dienone is 3. The topological polar surface area (TPSA) is 21.8 Å². The third-order valence-corrected chi connectivity index (χ3v) is 4.21. The highest BCUT2D eigenvalue weighted by Gasteiger charge is 2.84. The summed E-state index contributed by atoms with van der Waals surface area (Å²) in [6.45, 7) is 0. The SMILES string of the molecule is C1=CC2CC1C1C3=C4OC4(O3)C21. The number of fused-ring (bicyclic) bond motifs is 6. The van der Waals surface area contributed by atoms with E-state index in [1.165, 1.54) is 17.9 Å². The van der Waals surface area contributed by atoms with Gasteiger partial charge in [-0.25, -0.2) is 0 Å². The van der Waals surface area contributed by atoms with E-state index in [-0.39, 0.29) is 5.79 Å². The molecule has 5 aliphatic rings. The summed E-state index contributed by atoms with van der Waals surface area (Å²) in [4.78, 5) is 0. The molecule has 4 bridgehead atoms. The standard InChI is InChI=1S/C10H8O2/c1-2-5-3-4(1)6-7(5)10-9(12-10)8(6)11-10/h1-2,4-7H,3H2. The van der Waals surface area contributed by atoms with Crippen LogP contribution in [0.2, 0.25) is 0 Å². The highest BCUT2D eigenvalue weighted by molar-refractivity contribution is 5.48. The second kappa shape index (κ2) is 1.05. The third-order valence-electron chi connectivity index (χ3n) is 4.21. The van der Waals surface area contributed by atoms with Gasteiger partial charge in [0.2, 0.25) is 5.76 Å². The maximum atomic E-state index is 5.68. The Kier molecular flexibility index (Phi) is 0.435. The van der Waals surface area contributed by atoms with Gasteiger partial charge in [0.1, 0.15) is 0 Å². The molecule has 0 aromatic carbocycles. The van der Waals surface area contributed by atoms with E-state index in [9.17, 15) is 0 Å². The maximum absolute atomic E-state index is 5.68. The average Bonchev–Trinajstić information content (AvgIpc) is 2.61. The van der Waals surface area contributed by atoms with Crippen LogP contribution in [0.25, 0.3) is 0 Å². The first kappa shape index (κ1) is 4.95. The molecule has 12 heavy (non-hydrogen) atoms. The zero-order valence-corrected chi connectivity index (χ0v) is 6.49. The number of epoxide rings is 1. The van der Waals surface area contributed by atoms with Crippen LogP contribution in [0.5, 0.6) is 0 Å². The van der Waals surface area contributed by atoms with Crippen LogP contribution in [0.4, 0.5) is 0 Å². The third kappa shape index (κ3) is 0.256. The molecule has 5 unspecified atom stereocenters. The second-order valence-corrected chi connectivity index (χ2v) is 4.56. The van der Waals surface area contributed by atoms with Crippen LogP contribution in [0.3, 0.4) is 0 Å². The predicted octanol–water partition coefficient (Wildman–Crippen LogP) is 1.41. The summed E-state index contributed by atoms with van der Waals surface area (Å²) in [6.07, 6.45) is 6.09. The Morgan fingerprint density at radius 2 is 2.17 bits per heavy atom. The van der Waals surface area contributed by atoms with Crippen LogP contribution >= 0.6 is 0 Å². The molecule has 0 amide bonds. The minimum Gasteiger partial charge on any atom is -0.445 e. The summed E-state index contributed by atoms with van der Waals surface area (Å²) in [5.74, 6) is 5.15. The Hall–Kier alpha value is -0.920. The summed E-state index contributed by atoms with van der Waals surface area (Å²) in [6, 6.07) is 0. The molecule has 0 radical (unpaired) electrons. The van der Waals surface area contributed by atoms with Gasteiger partial charge in [0.15, 0.2) is 5.76 Å². The quantitative estimate of drug-likeness (QED) is 0.394. The average molecular weight is 160 g/mol. The van der Waals surface area contributed by atoms with Crippen LogP contribution in [0.15, 0.2) is 23.7 Å². The van der Waals surface area contributed by atoms with E-state index in [1.807, 2.05) is 0 Å². The van der Waals surface area contributed by atoms with Crippen molar-refractivity contribution in [2.24, 2.45) is 23.7 Å². The molecule has 1 saturated carbocycles. The fourth-order valence-corrected chi connectivity index (χ4v) is 3.78. The molecule has 0 spiro atoms. The van der Waals surface area contributed by atoms with Gasteiger partial charge in [0, 0.05) is 5.92 Å². The lowest BCUT2D eigenvalue weighted by Gasteiger charge is -2.16. The first-order valence-corrected chi connectivity index (χ1v) is 4.71. The van der Waals surface area contributed by atoms with Gasteiger partial charge < -0.3 is 9.47 Å². The molecule has 2 heteroatoms. The van der Waals surface area contributed by atoms with Crippen LogP contribution in [0.1, 0.15) is 6.42 Å². The number of hydrogen-bond donors (Lipinski definition) is 0. The van der Waals surface area contributed by atoms with Gasteiger partial charge in [-0.15, -0.1) is 0 Å². The fraction of sp³-hybridized carbons (Fsp3) is 0.600. The minimum atomic E-state index is -0.163. The minimum absolute atomic E-state index is 0.163. The van der Waals surface area contributed by atoms with Crippen LogP contribution in [-0.4, -0.2) is 5.79 Å². The molecule has 0 aromatic heterocycles. The summed E-state index contributed by atoms with van der Waals surface area (Å²) in [7, 11) is 0. The summed E-state index contributed by atoms with van der Waals surface area (Å²) < 4.78 is 11.2. The maximum Gasteiger partial charge on any atom is 0.317 e. The fourth-order valence-electron chi connectivity index (χ4n) is 3.78. The largest absolute Gasteiger partial charge is 0.445 e. The Morgan fingerprint density at radius 1 is 1.25 bits per heavy atom. The molecule has 0 N–H and O–H groups in total. The molecule has 2 nitrogen and oxygen atoms in total. The second-order valence-electron chi connectivity index (χ2n) is 4.56. The molecule has 0 aromatic rings. The van der Waals surface area contributed by atoms with Gasteiger partial charge in [-0.3, -0.25) is 0 Å². The lowest BCUT2D eigenvalue weighted by Crippen LogP contribution is -2.26. The van der Waals surface area contributed by atoms with Gasteiger partial charge in [-0.05, 0) is 18.3 Å². The zero-order chi connectivity index (χ0) is 7.50. The van der Waals surface area contributed by atoms with E-state index in [0.717, 1.165) is 11.8 Å². The van der Waals surface area contributed by atoms with E-state index in [0.29, 0.717) is 11.8 Å². The zero-order valence-electron chi connectivity index (χ0n) is 6.49. The monoisotopic (exact) mass is 160 g/mol. The van der Waals surface area contributed by atoms with Gasteiger partial charge in [0.05, 0.1) is 5.92 Å². The van der Waals surface area contributed by atoms with Crippen molar-refractivity contribution in [3.63, 3.8) is 0 Å². The molecule has 2 aliphatic heterocycles. The summed E-state index contributed by atoms with van der Waals surface area (Å²) in [5.41, 5.74) is 0. The van der Waals surface area contributed by atoms with E-state index >= 15 is 0 Å². The number of rotatable bonds is 0. The molecular formula is C10H8O2. The van der Waals surface area contributed by atoms with Gasteiger partial charge in [-0.1, -0.05) is 12.2 Å². The van der Waals surface area contributed by atoms with Crippen molar-refractivity contribution in [3.05, 3.63) is 23.7 Å². The molecule has 5 atom stereocenters. The van der Waals surface area contributed by atoms with Crippen molar-refractivity contribution >= 4 is 0 Å². The Balaban J connectivity index is 1.83. The summed E-state index contributed by atoms with van der Waals surface area (Å²) >= 11 is 0. The number of hydrogen-bond acceptors (Lipinski definition) is 2. The Bertz CT molecular complexity index is 381. The molecule has 1 saturated heterocycles. The van der Waals surface area contributed by atoms with Crippen molar-refractivity contribution in [1.82, 2.24) is 0 Å². The predicted molar refractivity (Wildman–Crippen MR) is 39.6 cm³/mol. The van der Waals surface area contributed by atoms with E-state index in [4.69, 9.17) is 9.47 Å². The molecule has 2 heterocycles. The lowest BCUT2D eigenvalue weighted by atomic mass is 9.85. The first-order chi connectivity index (χ1) is 5.90. The van der Waals surface area contributed by atoms with E-state index < -0.39 is 0 Å². The van der Waals surface area contributed by atoms with Crippen molar-refractivity contribution < 1.29 is 9.47 Å². The van der Waals surface area contributed by atoms with Crippen LogP contribution in [-0.2, 0) is 9.47 Å². The summed E-state index contributed by atoms with van der Waals surface area (Å²) in [5, 5.41) is 0. The smallest absolute Gasteiger partial charge is 0.317 e. The Morgan fingerprint density at radius 3 is 3.00 bits per heavy atom. The van der Waals surface area contributed by atoms with Crippen molar-refractivity contribution in [3.8, 4) is 0 Å². The molecule has 5 rings (SSSR count). The lowest BCUT2D eigenvalue weighted by molar-refractivity contribution is -0.00891. The highest BCUT2D eigenvalue weighted by atomic mass is 16.8. The van der Waals surface area contributed by atoms with Crippen molar-refractivity contribution in [1.29, 1.82) is 0 Å². The molecule has 2 fully saturated rings. The molecular weight excluding hydrogens is 152 g/mol. The molecule has 60 valence electrons. The van der Waals surface area contributed by atoms with Gasteiger partial charge in [-0.2, -0.15) is 0 Å². The van der Waals surface area contributed by atoms with Gasteiger partial charge in [0.25, 0.3) is 0 Å². The Labute approximate surface area is 69.8 Å². The van der Waals surface area contributed by atoms with Crippen molar-refractivity contribution in [2.45, 2.75) is 12.2 Å². The van der Waals surface area contributed by atoms with E-state index in [2.05, 4.69) is 12.2 Å². The van der Waals surface area contributed by atoms with Crippen molar-refractivity contribution in [2.75, 3.05) is 0 Å². The van der Waals surface area contributed by atoms with Crippen LogP contribution < -0.4 is 0 Å². The van der Waals surface area contributed by atoms with Gasteiger partial charge >= 0.3 is 5.79 Å². The number of ether oxygens (including phenoxy) is 2. The highest BCUT2D eigenvalue weighted by Crippen LogP contribution is 2.77. The first-order valence-electron chi connectivity index (χ1n) is 4.71. The van der Waals surface area contributed by atoms with Crippen LogP contribution in [0, 0.1) is 23.7 Å². The van der Waals surface area contributed by atoms with E-state index in [1.54, 1.807) is 0 Å².